The Labute approximate surface area is 165 Å². The molecule has 3 atom stereocenters. The van der Waals surface area contributed by atoms with E-state index in [2.05, 4.69) is 4.98 Å². The molecule has 3 aromatic rings. The summed E-state index contributed by atoms with van der Waals surface area (Å²) in [6.45, 7) is 0.589. The van der Waals surface area contributed by atoms with Crippen LogP contribution in [0.3, 0.4) is 0 Å². The molecular weight excluding hydrogens is 348 g/mol. The second-order valence-electron chi connectivity index (χ2n) is 8.24. The molecule has 2 N–H and O–H groups in total. The number of H-pyrrole nitrogens is 1. The number of hydrogen-bond donors (Lipinski definition) is 2. The fourth-order valence-corrected chi connectivity index (χ4v) is 5.45. The zero-order chi connectivity index (χ0) is 19.1. The van der Waals surface area contributed by atoms with Crippen molar-refractivity contribution in [3.05, 3.63) is 71.9 Å². The van der Waals surface area contributed by atoms with E-state index in [1.165, 1.54) is 0 Å². The third kappa shape index (κ3) is 2.67. The number of carbonyl (C=O) groups excluding carboxylic acids is 1. The summed E-state index contributed by atoms with van der Waals surface area (Å²) in [6.07, 6.45) is 6.64. The molecule has 0 unspecified atom stereocenters. The number of nitrogens with one attached hydrogen (secondary N) is 1. The number of nitrogens with zero attached hydrogens (tertiary/aromatic N) is 1. The van der Waals surface area contributed by atoms with E-state index in [1.807, 2.05) is 65.7 Å². The quantitative estimate of drug-likeness (QED) is 0.696. The van der Waals surface area contributed by atoms with Crippen LogP contribution < -0.4 is 0 Å². The zero-order valence-corrected chi connectivity index (χ0v) is 16.0. The first-order valence-electron chi connectivity index (χ1n) is 10.3. The number of hydrogen-bond acceptors (Lipinski definition) is 2. The number of benzene rings is 2. The average Bonchev–Trinajstić information content (AvgIpc) is 3.23. The van der Waals surface area contributed by atoms with Gasteiger partial charge in [-0.3, -0.25) is 4.79 Å². The molecule has 5 rings (SSSR count). The van der Waals surface area contributed by atoms with Crippen LogP contribution in [0.4, 0.5) is 0 Å². The van der Waals surface area contributed by atoms with Gasteiger partial charge < -0.3 is 15.0 Å². The van der Waals surface area contributed by atoms with Crippen molar-refractivity contribution in [3.8, 4) is 0 Å². The maximum atomic E-state index is 13.5. The van der Waals surface area contributed by atoms with E-state index in [-0.39, 0.29) is 17.9 Å². The lowest BCUT2D eigenvalue weighted by molar-refractivity contribution is -0.110. The molecule has 0 spiro atoms. The lowest BCUT2D eigenvalue weighted by atomic mass is 9.66. The largest absolute Gasteiger partial charge is 0.385 e. The minimum Gasteiger partial charge on any atom is -0.385 e. The summed E-state index contributed by atoms with van der Waals surface area (Å²) in [5.74, 6) is 0.184. The third-order valence-electron chi connectivity index (χ3n) is 6.84. The zero-order valence-electron chi connectivity index (χ0n) is 16.0. The Balaban J connectivity index is 1.51. The first-order chi connectivity index (χ1) is 13.7. The van der Waals surface area contributed by atoms with Gasteiger partial charge in [0.2, 0.25) is 0 Å². The maximum Gasteiger partial charge on any atom is 0.254 e. The molecule has 4 heteroatoms. The monoisotopic (exact) mass is 374 g/mol. The van der Waals surface area contributed by atoms with Crippen LogP contribution >= 0.6 is 0 Å². The summed E-state index contributed by atoms with van der Waals surface area (Å²) < 4.78 is 0. The van der Waals surface area contributed by atoms with Crippen LogP contribution in [0.25, 0.3) is 10.9 Å². The predicted molar refractivity (Wildman–Crippen MR) is 110 cm³/mol. The number of fused-ring (bicyclic) bond motifs is 2. The number of piperidine rings is 1. The van der Waals surface area contributed by atoms with Gasteiger partial charge in [0.15, 0.2) is 0 Å². The summed E-state index contributed by atoms with van der Waals surface area (Å²) in [5, 5.41) is 12.7. The number of carbonyl (C=O) groups is 1. The average molecular weight is 374 g/mol. The molecule has 2 fully saturated rings. The Hall–Kier alpha value is -2.59. The van der Waals surface area contributed by atoms with Gasteiger partial charge in [0, 0.05) is 41.2 Å². The van der Waals surface area contributed by atoms with Gasteiger partial charge in [0.1, 0.15) is 0 Å². The standard InChI is InChI=1S/C24H26N2O2/c27-23(19-9-6-11-21-18(19)13-15-25-21)26-16-14-24(28,17-7-2-1-3-8-17)20-10-4-5-12-22(20)26/h1-3,6-9,11,13,15,20,22,25,28H,4-5,10,12,14,16H2/t20-,22-,24-/m0/s1. The predicted octanol–water partition coefficient (Wildman–Crippen LogP) is 4.46. The van der Waals surface area contributed by atoms with Crippen LogP contribution in [0.5, 0.6) is 0 Å². The van der Waals surface area contributed by atoms with Crippen molar-refractivity contribution in [2.24, 2.45) is 5.92 Å². The molecule has 1 saturated heterocycles. The Morgan fingerprint density at radius 2 is 1.86 bits per heavy atom. The van der Waals surface area contributed by atoms with Crippen molar-refractivity contribution >= 4 is 16.8 Å². The molecule has 144 valence electrons. The van der Waals surface area contributed by atoms with Crippen LogP contribution in [-0.2, 0) is 5.60 Å². The van der Waals surface area contributed by atoms with E-state index in [4.69, 9.17) is 0 Å². The number of rotatable bonds is 2. The molecule has 1 aliphatic carbocycles. The minimum atomic E-state index is -0.844. The molecular formula is C24H26N2O2. The number of likely N-dealkylation sites (tertiary alicyclic amines) is 1. The fourth-order valence-electron chi connectivity index (χ4n) is 5.45. The van der Waals surface area contributed by atoms with Gasteiger partial charge in [0.25, 0.3) is 5.91 Å². The topological polar surface area (TPSA) is 56.3 Å². The Bertz CT molecular complexity index is 996. The third-order valence-corrected chi connectivity index (χ3v) is 6.84. The molecule has 2 heterocycles. The highest BCUT2D eigenvalue weighted by Gasteiger charge is 2.50. The van der Waals surface area contributed by atoms with Gasteiger partial charge in [-0.15, -0.1) is 0 Å². The number of aromatic nitrogens is 1. The van der Waals surface area contributed by atoms with Crippen molar-refractivity contribution in [3.63, 3.8) is 0 Å². The van der Waals surface area contributed by atoms with Gasteiger partial charge >= 0.3 is 0 Å². The highest BCUT2D eigenvalue weighted by molar-refractivity contribution is 6.06. The Morgan fingerprint density at radius 3 is 2.71 bits per heavy atom. The molecule has 28 heavy (non-hydrogen) atoms. The molecule has 0 radical (unpaired) electrons. The molecule has 2 aromatic carbocycles. The summed E-state index contributed by atoms with van der Waals surface area (Å²) in [4.78, 5) is 18.8. The summed E-state index contributed by atoms with van der Waals surface area (Å²) in [7, 11) is 0. The van der Waals surface area contributed by atoms with Crippen molar-refractivity contribution in [2.75, 3.05) is 6.54 Å². The van der Waals surface area contributed by atoms with Crippen molar-refractivity contribution in [2.45, 2.75) is 43.7 Å². The lowest BCUT2D eigenvalue weighted by Gasteiger charge is -2.52. The van der Waals surface area contributed by atoms with E-state index in [9.17, 15) is 9.90 Å². The van der Waals surface area contributed by atoms with Crippen LogP contribution in [0.2, 0.25) is 0 Å². The van der Waals surface area contributed by atoms with Crippen LogP contribution in [0, 0.1) is 5.92 Å². The lowest BCUT2D eigenvalue weighted by Crippen LogP contribution is -2.59. The molecule has 1 amide bonds. The molecule has 1 aliphatic heterocycles. The number of aliphatic hydroxyl groups is 1. The molecule has 0 bridgehead atoms. The summed E-state index contributed by atoms with van der Waals surface area (Å²) in [6, 6.07) is 18.0. The Morgan fingerprint density at radius 1 is 1.04 bits per heavy atom. The molecule has 1 aromatic heterocycles. The second-order valence-corrected chi connectivity index (χ2v) is 8.24. The number of aromatic amines is 1. The molecule has 4 nitrogen and oxygen atoms in total. The Kier molecular flexibility index (Phi) is 4.24. The van der Waals surface area contributed by atoms with E-state index in [0.29, 0.717) is 13.0 Å². The van der Waals surface area contributed by atoms with Crippen LogP contribution in [0.1, 0.15) is 48.0 Å². The first-order valence-corrected chi connectivity index (χ1v) is 10.3. The smallest absolute Gasteiger partial charge is 0.254 e. The highest BCUT2D eigenvalue weighted by atomic mass is 16.3. The van der Waals surface area contributed by atoms with Crippen molar-refractivity contribution in [1.29, 1.82) is 0 Å². The molecule has 1 saturated carbocycles. The van der Waals surface area contributed by atoms with Gasteiger partial charge in [-0.1, -0.05) is 49.2 Å². The second kappa shape index (κ2) is 6.78. The fraction of sp³-hybridized carbons (Fsp3) is 0.375. The van der Waals surface area contributed by atoms with Crippen LogP contribution in [-0.4, -0.2) is 33.5 Å². The summed E-state index contributed by atoms with van der Waals surface area (Å²) in [5.41, 5.74) is 1.90. The van der Waals surface area contributed by atoms with E-state index >= 15 is 0 Å². The van der Waals surface area contributed by atoms with Gasteiger partial charge in [-0.2, -0.15) is 0 Å². The first kappa shape index (κ1) is 17.5. The van der Waals surface area contributed by atoms with E-state index < -0.39 is 5.60 Å². The number of amides is 1. The SMILES string of the molecule is O=C(c1cccc2[nH]ccc12)N1CC[C@](O)(c2ccccc2)[C@H]2CCCC[C@@H]21. The minimum absolute atomic E-state index is 0.0896. The van der Waals surface area contributed by atoms with Gasteiger partial charge in [0.05, 0.1) is 5.60 Å². The maximum absolute atomic E-state index is 13.5. The van der Waals surface area contributed by atoms with E-state index in [1.54, 1.807) is 0 Å². The van der Waals surface area contributed by atoms with Gasteiger partial charge in [-0.25, -0.2) is 0 Å². The van der Waals surface area contributed by atoms with Crippen molar-refractivity contribution < 1.29 is 9.90 Å². The van der Waals surface area contributed by atoms with Crippen LogP contribution in [0.15, 0.2) is 60.8 Å². The van der Waals surface area contributed by atoms with Crippen molar-refractivity contribution in [1.82, 2.24) is 9.88 Å². The van der Waals surface area contributed by atoms with Gasteiger partial charge in [-0.05, 0) is 43.0 Å². The molecule has 2 aliphatic rings. The normalized spacial score (nSPS) is 27.5. The summed E-state index contributed by atoms with van der Waals surface area (Å²) >= 11 is 0. The highest BCUT2D eigenvalue weighted by Crippen LogP contribution is 2.47. The van der Waals surface area contributed by atoms with E-state index in [0.717, 1.165) is 47.7 Å².